The first-order valence-electron chi connectivity index (χ1n) is 6.27. The molecule has 0 heterocycles. The Hall–Kier alpha value is -0.800. The van der Waals surface area contributed by atoms with E-state index in [-0.39, 0.29) is 6.04 Å². The van der Waals surface area contributed by atoms with E-state index in [9.17, 15) is 18.4 Å². The molecule has 2 unspecified atom stereocenters. The molecule has 1 fully saturated rings. The van der Waals surface area contributed by atoms with Crippen molar-refractivity contribution in [3.05, 3.63) is 0 Å². The van der Waals surface area contributed by atoms with Gasteiger partial charge in [0.05, 0.1) is 12.6 Å². The Kier molecular flexibility index (Phi) is 5.00. The van der Waals surface area contributed by atoms with Gasteiger partial charge in [0, 0.05) is 6.04 Å². The summed E-state index contributed by atoms with van der Waals surface area (Å²) in [6.45, 7) is 1.20. The number of hydrogen-bond donors (Lipinski definition) is 1. The smallest absolute Gasteiger partial charge is 0.302 e. The summed E-state index contributed by atoms with van der Waals surface area (Å²) in [5, 5.41) is 12.2. The Balaban J connectivity index is 2.73. The van der Waals surface area contributed by atoms with Gasteiger partial charge >= 0.3 is 6.18 Å². The number of alkyl halides is 3. The van der Waals surface area contributed by atoms with Crippen molar-refractivity contribution in [2.45, 2.75) is 50.4 Å². The van der Waals surface area contributed by atoms with Crippen LogP contribution in [0.4, 0.5) is 13.2 Å². The molecule has 0 aromatic rings. The second-order valence-electron chi connectivity index (χ2n) is 4.87. The molecule has 2 atom stereocenters. The van der Waals surface area contributed by atoms with Gasteiger partial charge in [0.1, 0.15) is 5.54 Å². The lowest BCUT2D eigenvalue weighted by molar-refractivity contribution is -0.152. The molecule has 0 aromatic heterocycles. The van der Waals surface area contributed by atoms with Crippen LogP contribution in [-0.4, -0.2) is 42.8 Å². The van der Waals surface area contributed by atoms with Gasteiger partial charge in [-0.1, -0.05) is 6.92 Å². The maximum absolute atomic E-state index is 12.5. The third-order valence-corrected chi connectivity index (χ3v) is 3.72. The van der Waals surface area contributed by atoms with Gasteiger partial charge in [-0.15, -0.1) is 0 Å². The summed E-state index contributed by atoms with van der Waals surface area (Å²) in [7, 11) is 1.70. The Morgan fingerprint density at radius 1 is 1.50 bits per heavy atom. The predicted octanol–water partition coefficient (Wildman–Crippen LogP) is 2.29. The molecule has 0 aliphatic heterocycles. The van der Waals surface area contributed by atoms with Crippen molar-refractivity contribution in [3.63, 3.8) is 0 Å². The SMILES string of the molecule is CCN(CC(F)(F)F)C1CCCC(C#N)(NC)C1. The van der Waals surface area contributed by atoms with Gasteiger partial charge in [0.2, 0.25) is 0 Å². The fraction of sp³-hybridized carbons (Fsp3) is 0.917. The zero-order valence-corrected chi connectivity index (χ0v) is 10.8. The lowest BCUT2D eigenvalue weighted by atomic mass is 9.79. The van der Waals surface area contributed by atoms with Crippen LogP contribution in [0.25, 0.3) is 0 Å². The van der Waals surface area contributed by atoms with Gasteiger partial charge in [-0.3, -0.25) is 4.90 Å². The zero-order chi connectivity index (χ0) is 13.8. The highest BCUT2D eigenvalue weighted by molar-refractivity contribution is 5.10. The molecule has 3 nitrogen and oxygen atoms in total. The monoisotopic (exact) mass is 263 g/mol. The number of rotatable bonds is 4. The summed E-state index contributed by atoms with van der Waals surface area (Å²) in [6.07, 6.45) is -1.49. The summed E-state index contributed by atoms with van der Waals surface area (Å²) in [6, 6.07) is 2.05. The van der Waals surface area contributed by atoms with Crippen LogP contribution in [0.5, 0.6) is 0 Å². The molecule has 0 radical (unpaired) electrons. The molecular weight excluding hydrogens is 243 g/mol. The van der Waals surface area contributed by atoms with E-state index in [0.717, 1.165) is 12.8 Å². The average Bonchev–Trinajstić information content (AvgIpc) is 2.35. The van der Waals surface area contributed by atoms with E-state index >= 15 is 0 Å². The van der Waals surface area contributed by atoms with Crippen molar-refractivity contribution in [2.24, 2.45) is 0 Å². The molecule has 104 valence electrons. The summed E-state index contributed by atoms with van der Waals surface area (Å²) in [4.78, 5) is 1.43. The molecule has 18 heavy (non-hydrogen) atoms. The minimum absolute atomic E-state index is 0.169. The minimum atomic E-state index is -4.18. The number of hydrogen-bond acceptors (Lipinski definition) is 3. The van der Waals surface area contributed by atoms with Crippen LogP contribution < -0.4 is 5.32 Å². The summed E-state index contributed by atoms with van der Waals surface area (Å²) in [5.41, 5.74) is -0.665. The van der Waals surface area contributed by atoms with E-state index in [1.54, 1.807) is 14.0 Å². The van der Waals surface area contributed by atoms with Crippen LogP contribution in [0, 0.1) is 11.3 Å². The number of nitriles is 1. The van der Waals surface area contributed by atoms with Crippen LogP contribution in [0.1, 0.15) is 32.6 Å². The van der Waals surface area contributed by atoms with Crippen LogP contribution in [0.15, 0.2) is 0 Å². The van der Waals surface area contributed by atoms with E-state index in [1.807, 2.05) is 0 Å². The molecule has 0 bridgehead atoms. The second-order valence-corrected chi connectivity index (χ2v) is 4.87. The van der Waals surface area contributed by atoms with Crippen molar-refractivity contribution in [3.8, 4) is 6.07 Å². The number of nitrogens with zero attached hydrogens (tertiary/aromatic N) is 2. The Morgan fingerprint density at radius 3 is 2.61 bits per heavy atom. The topological polar surface area (TPSA) is 39.1 Å². The molecule has 1 aliphatic carbocycles. The summed E-state index contributed by atoms with van der Waals surface area (Å²) in [5.74, 6) is 0. The highest BCUT2D eigenvalue weighted by Gasteiger charge is 2.40. The largest absolute Gasteiger partial charge is 0.401 e. The van der Waals surface area contributed by atoms with Crippen LogP contribution in [0.2, 0.25) is 0 Å². The lowest BCUT2D eigenvalue weighted by Gasteiger charge is -2.41. The number of halogens is 3. The van der Waals surface area contributed by atoms with E-state index < -0.39 is 18.3 Å². The first kappa shape index (κ1) is 15.3. The summed E-state index contributed by atoms with van der Waals surface area (Å²) < 4.78 is 37.4. The fourth-order valence-corrected chi connectivity index (χ4v) is 2.67. The average molecular weight is 263 g/mol. The molecule has 1 aliphatic rings. The van der Waals surface area contributed by atoms with E-state index in [1.165, 1.54) is 4.90 Å². The highest BCUT2D eigenvalue weighted by Crippen LogP contribution is 2.32. The Labute approximate surface area is 106 Å². The maximum atomic E-state index is 12.5. The van der Waals surface area contributed by atoms with E-state index in [4.69, 9.17) is 0 Å². The third kappa shape index (κ3) is 3.85. The molecule has 0 saturated heterocycles. The van der Waals surface area contributed by atoms with Gasteiger partial charge in [-0.25, -0.2) is 0 Å². The minimum Gasteiger partial charge on any atom is -0.302 e. The fourth-order valence-electron chi connectivity index (χ4n) is 2.67. The van der Waals surface area contributed by atoms with Gasteiger partial charge < -0.3 is 5.32 Å². The maximum Gasteiger partial charge on any atom is 0.401 e. The quantitative estimate of drug-likeness (QED) is 0.846. The number of nitrogens with one attached hydrogen (secondary N) is 1. The lowest BCUT2D eigenvalue weighted by Crippen LogP contribution is -2.53. The van der Waals surface area contributed by atoms with E-state index in [0.29, 0.717) is 19.4 Å². The molecule has 0 amide bonds. The normalized spacial score (nSPS) is 29.3. The molecule has 6 heteroatoms. The van der Waals surface area contributed by atoms with Crippen molar-refractivity contribution >= 4 is 0 Å². The van der Waals surface area contributed by atoms with Crippen molar-refractivity contribution in [1.82, 2.24) is 10.2 Å². The van der Waals surface area contributed by atoms with E-state index in [2.05, 4.69) is 11.4 Å². The third-order valence-electron chi connectivity index (χ3n) is 3.72. The zero-order valence-electron chi connectivity index (χ0n) is 10.8. The molecule has 1 rings (SSSR count). The van der Waals surface area contributed by atoms with Gasteiger partial charge in [0.25, 0.3) is 0 Å². The summed E-state index contributed by atoms with van der Waals surface area (Å²) >= 11 is 0. The molecule has 1 N–H and O–H groups in total. The molecule has 0 spiro atoms. The van der Waals surface area contributed by atoms with Gasteiger partial charge in [-0.2, -0.15) is 18.4 Å². The van der Waals surface area contributed by atoms with Crippen LogP contribution >= 0.6 is 0 Å². The Bertz CT molecular complexity index is 311. The van der Waals surface area contributed by atoms with Crippen molar-refractivity contribution in [1.29, 1.82) is 5.26 Å². The first-order chi connectivity index (χ1) is 8.36. The second kappa shape index (κ2) is 5.89. The standard InChI is InChI=1S/C12H20F3N3/c1-3-18(9-12(13,14)15)10-5-4-6-11(7-10,8-16)17-2/h10,17H,3-7,9H2,1-2H3. The van der Waals surface area contributed by atoms with Crippen LogP contribution in [-0.2, 0) is 0 Å². The first-order valence-corrected chi connectivity index (χ1v) is 6.27. The highest BCUT2D eigenvalue weighted by atomic mass is 19.4. The van der Waals surface area contributed by atoms with Crippen molar-refractivity contribution < 1.29 is 13.2 Å². The molecule has 1 saturated carbocycles. The predicted molar refractivity (Wildman–Crippen MR) is 63.0 cm³/mol. The van der Waals surface area contributed by atoms with Gasteiger partial charge in [0.15, 0.2) is 0 Å². The molecule has 0 aromatic carbocycles. The van der Waals surface area contributed by atoms with Crippen LogP contribution in [0.3, 0.4) is 0 Å². The Morgan fingerprint density at radius 2 is 2.17 bits per heavy atom. The van der Waals surface area contributed by atoms with Gasteiger partial charge in [-0.05, 0) is 39.3 Å². The van der Waals surface area contributed by atoms with Crippen molar-refractivity contribution in [2.75, 3.05) is 20.1 Å². The molecular formula is C12H20F3N3.